The molecule has 4 nitrogen and oxygen atoms in total. The molecular formula is C53H55N2O2PS2. The number of nitrogens with zero attached hydrogens (tertiary/aromatic N) is 2. The number of allylic oxidation sites excluding steroid dienone is 5. The minimum Gasteiger partial charge on any atom is -0.507 e. The van der Waals surface area contributed by atoms with Gasteiger partial charge < -0.3 is 9.84 Å². The van der Waals surface area contributed by atoms with Crippen molar-refractivity contribution in [2.75, 3.05) is 36.8 Å². The molecule has 0 atom stereocenters. The van der Waals surface area contributed by atoms with Crippen LogP contribution < -0.4 is 15.3 Å². The first kappa shape index (κ1) is 47.1. The molecule has 5 aromatic carbocycles. The van der Waals surface area contributed by atoms with Crippen LogP contribution in [-0.4, -0.2) is 54.3 Å². The SMILES string of the molecule is C#C.C=Cc1cc(C=NC(/C=C\CSCCP(c2ccccc2)c2ccccc2)=C/C)c(OC)c(-c2c(O)c(C=NC(/C=C\CSC)=C/C)cc3ccccc23)c1/C=C\C. The summed E-state index contributed by atoms with van der Waals surface area (Å²) in [5.74, 6) is 3.58. The molecule has 7 heteroatoms. The van der Waals surface area contributed by atoms with Crippen LogP contribution >= 0.6 is 31.4 Å². The second-order valence-electron chi connectivity index (χ2n) is 13.1. The monoisotopic (exact) mass is 846 g/mol. The molecule has 0 heterocycles. The Labute approximate surface area is 368 Å². The van der Waals surface area contributed by atoms with E-state index in [0.29, 0.717) is 16.9 Å². The number of aromatic hydroxyl groups is 1. The lowest BCUT2D eigenvalue weighted by Gasteiger charge is -2.21. The van der Waals surface area contributed by atoms with Gasteiger partial charge in [0.05, 0.1) is 18.5 Å². The third-order valence-electron chi connectivity index (χ3n) is 9.39. The molecule has 0 aliphatic heterocycles. The van der Waals surface area contributed by atoms with Crippen molar-refractivity contribution in [1.29, 1.82) is 0 Å². The summed E-state index contributed by atoms with van der Waals surface area (Å²) in [4.78, 5) is 9.69. The van der Waals surface area contributed by atoms with Gasteiger partial charge >= 0.3 is 0 Å². The summed E-state index contributed by atoms with van der Waals surface area (Å²) in [6.07, 6.45) is 33.0. The van der Waals surface area contributed by atoms with E-state index < -0.39 is 7.92 Å². The molecule has 0 aliphatic carbocycles. The van der Waals surface area contributed by atoms with Crippen LogP contribution in [0, 0.1) is 12.8 Å². The zero-order valence-electron chi connectivity index (χ0n) is 35.3. The van der Waals surface area contributed by atoms with Gasteiger partial charge in [0.25, 0.3) is 0 Å². The minimum atomic E-state index is -0.406. The largest absolute Gasteiger partial charge is 0.507 e. The third-order valence-corrected chi connectivity index (χ3v) is 13.6. The molecule has 0 amide bonds. The van der Waals surface area contributed by atoms with Crippen molar-refractivity contribution in [2.45, 2.75) is 20.8 Å². The normalized spacial score (nSPS) is 12.4. The number of phenolic OH excluding ortho intramolecular Hbond substituents is 1. The number of ether oxygens (including phenoxy) is 1. The summed E-state index contributed by atoms with van der Waals surface area (Å²) in [5.41, 5.74) is 6.25. The summed E-state index contributed by atoms with van der Waals surface area (Å²) in [7, 11) is 1.26. The van der Waals surface area contributed by atoms with Gasteiger partial charge in [0.15, 0.2) is 0 Å². The molecule has 0 spiro atoms. The first-order chi connectivity index (χ1) is 29.5. The first-order valence-electron chi connectivity index (χ1n) is 19.7. The Morgan fingerprint density at radius 2 is 1.35 bits per heavy atom. The topological polar surface area (TPSA) is 54.2 Å². The van der Waals surface area contributed by atoms with Crippen molar-refractivity contribution < 1.29 is 9.84 Å². The molecule has 306 valence electrons. The zero-order valence-corrected chi connectivity index (χ0v) is 37.8. The van der Waals surface area contributed by atoms with Gasteiger partial charge in [-0.1, -0.05) is 134 Å². The van der Waals surface area contributed by atoms with Crippen molar-refractivity contribution in [1.82, 2.24) is 0 Å². The lowest BCUT2D eigenvalue weighted by atomic mass is 9.87. The number of hydrogen-bond acceptors (Lipinski definition) is 6. The van der Waals surface area contributed by atoms with Crippen LogP contribution in [0.4, 0.5) is 0 Å². The summed E-state index contributed by atoms with van der Waals surface area (Å²) in [5, 5.41) is 16.9. The highest BCUT2D eigenvalue weighted by molar-refractivity contribution is 7.99. The van der Waals surface area contributed by atoms with Crippen molar-refractivity contribution in [3.05, 3.63) is 180 Å². The van der Waals surface area contributed by atoms with E-state index in [0.717, 1.165) is 67.8 Å². The number of hydrogen-bond donors (Lipinski definition) is 1. The zero-order chi connectivity index (χ0) is 43.1. The fourth-order valence-corrected chi connectivity index (χ4v) is 10.4. The number of phenols is 1. The van der Waals surface area contributed by atoms with Gasteiger partial charge in [-0.15, -0.1) is 12.8 Å². The smallest absolute Gasteiger partial charge is 0.136 e. The number of benzene rings is 5. The quantitative estimate of drug-likeness (QED) is 0.0296. The van der Waals surface area contributed by atoms with E-state index in [1.165, 1.54) is 10.6 Å². The van der Waals surface area contributed by atoms with Crippen molar-refractivity contribution in [2.24, 2.45) is 9.98 Å². The van der Waals surface area contributed by atoms with Gasteiger partial charge in [-0.05, 0) is 104 Å². The summed E-state index contributed by atoms with van der Waals surface area (Å²) >= 11 is 3.69. The van der Waals surface area contributed by atoms with Gasteiger partial charge in [0.2, 0.25) is 0 Å². The lowest BCUT2D eigenvalue weighted by molar-refractivity contribution is 0.415. The molecule has 0 bridgehead atoms. The van der Waals surface area contributed by atoms with Crippen LogP contribution in [0.1, 0.15) is 43.0 Å². The van der Waals surface area contributed by atoms with Crippen molar-refractivity contribution in [3.8, 4) is 35.5 Å². The second-order valence-corrected chi connectivity index (χ2v) is 17.5. The second kappa shape index (κ2) is 25.8. The standard InChI is InChI=1S/C51H53N2O2PS2.C2H2/c1-7-21-46-38(8-2)34-41(37-53-43(10-4)24-20-32-58-33-30-56(44-25-13-11-14-26-44)45-27-15-12-16-28-45)51(55-5)49(46)48-47-29-18-17-22-39(47)35-40(50(48)54)36-52-42(9-3)23-19-31-57-6;1-2/h7-29,34-37,54H,2,30-33H2,1,3-6H3;1-2H/b21-7-,23-19-,24-20-,42-9+,43-10+,52-36?,53-37?;. The molecule has 5 rings (SSSR count). The van der Waals surface area contributed by atoms with Gasteiger partial charge in [-0.3, -0.25) is 9.98 Å². The predicted molar refractivity (Wildman–Crippen MR) is 273 cm³/mol. The van der Waals surface area contributed by atoms with E-state index in [1.807, 2.05) is 106 Å². The average molecular weight is 847 g/mol. The van der Waals surface area contributed by atoms with E-state index in [1.54, 1.807) is 25.1 Å². The number of rotatable bonds is 19. The molecule has 0 aromatic heterocycles. The maximum Gasteiger partial charge on any atom is 0.136 e. The Morgan fingerprint density at radius 1 is 0.767 bits per heavy atom. The Hall–Kier alpha value is -5.57. The predicted octanol–water partition coefficient (Wildman–Crippen LogP) is 13.1. The van der Waals surface area contributed by atoms with E-state index in [9.17, 15) is 5.11 Å². The van der Waals surface area contributed by atoms with Crippen LogP contribution in [0.2, 0.25) is 0 Å². The van der Waals surface area contributed by atoms with E-state index in [4.69, 9.17) is 14.7 Å². The maximum atomic E-state index is 12.2. The summed E-state index contributed by atoms with van der Waals surface area (Å²) in [6, 6.07) is 33.9. The highest BCUT2D eigenvalue weighted by atomic mass is 32.2. The molecule has 0 radical (unpaired) electrons. The Balaban J connectivity index is 0.00000391. The van der Waals surface area contributed by atoms with E-state index >= 15 is 0 Å². The number of terminal acetylenes is 1. The van der Waals surface area contributed by atoms with Crippen LogP contribution in [0.25, 0.3) is 34.1 Å². The molecule has 5 aromatic rings. The summed E-state index contributed by atoms with van der Waals surface area (Å²) < 4.78 is 6.24. The van der Waals surface area contributed by atoms with Crippen LogP contribution in [0.3, 0.4) is 0 Å². The first-order valence-corrected chi connectivity index (χ1v) is 23.8. The molecule has 60 heavy (non-hydrogen) atoms. The van der Waals surface area contributed by atoms with Crippen LogP contribution in [-0.2, 0) is 0 Å². The fraction of sp³-hybridized carbons (Fsp3) is 0.170. The van der Waals surface area contributed by atoms with Crippen LogP contribution in [0.5, 0.6) is 11.5 Å². The highest BCUT2D eigenvalue weighted by Gasteiger charge is 2.24. The minimum absolute atomic E-state index is 0.119. The molecule has 0 saturated carbocycles. The Kier molecular flexibility index (Phi) is 20.3. The van der Waals surface area contributed by atoms with Crippen molar-refractivity contribution in [3.63, 3.8) is 0 Å². The molecule has 0 unspecified atom stereocenters. The van der Waals surface area contributed by atoms with Gasteiger partial charge in [0.1, 0.15) is 11.5 Å². The number of fused-ring (bicyclic) bond motifs is 1. The Morgan fingerprint density at radius 3 is 1.92 bits per heavy atom. The van der Waals surface area contributed by atoms with Gasteiger partial charge in [-0.2, -0.15) is 23.5 Å². The van der Waals surface area contributed by atoms with Crippen LogP contribution in [0.15, 0.2) is 168 Å². The lowest BCUT2D eigenvalue weighted by Crippen LogP contribution is -2.14. The number of thioether (sulfide) groups is 2. The Bertz CT molecular complexity index is 2370. The van der Waals surface area contributed by atoms with Gasteiger partial charge in [0, 0.05) is 46.2 Å². The maximum absolute atomic E-state index is 12.2. The number of methoxy groups -OCH3 is 1. The van der Waals surface area contributed by atoms with Gasteiger partial charge in [-0.25, -0.2) is 0 Å². The summed E-state index contributed by atoms with van der Waals surface area (Å²) in [6.45, 7) is 10.1. The average Bonchev–Trinajstić information content (AvgIpc) is 3.29. The molecule has 0 fully saturated rings. The third kappa shape index (κ3) is 12.7. The van der Waals surface area contributed by atoms with E-state index in [-0.39, 0.29) is 5.75 Å². The highest BCUT2D eigenvalue weighted by Crippen LogP contribution is 2.47. The molecule has 0 aliphatic rings. The fourth-order valence-electron chi connectivity index (χ4n) is 6.59. The molecular weight excluding hydrogens is 792 g/mol. The molecule has 0 saturated heterocycles. The molecule has 1 N–H and O–H groups in total. The van der Waals surface area contributed by atoms with E-state index in [2.05, 4.69) is 111 Å². The number of aliphatic imine (C=N–C) groups is 2. The van der Waals surface area contributed by atoms with Crippen molar-refractivity contribution >= 4 is 77.4 Å².